The second-order valence-corrected chi connectivity index (χ2v) is 16.8. The summed E-state index contributed by atoms with van der Waals surface area (Å²) >= 11 is 0. The van der Waals surface area contributed by atoms with Crippen LogP contribution in [-0.4, -0.2) is 89.4 Å². The van der Waals surface area contributed by atoms with Gasteiger partial charge in [-0.15, -0.1) is 0 Å². The number of benzene rings is 4. The molecule has 6 heterocycles. The summed E-state index contributed by atoms with van der Waals surface area (Å²) in [6.45, 7) is 4.99. The minimum Gasteiger partial charge on any atom is -0.508 e. The van der Waals surface area contributed by atoms with Gasteiger partial charge >= 0.3 is 0 Å². The summed E-state index contributed by atoms with van der Waals surface area (Å²) in [5, 5.41) is 12.5. The maximum absolute atomic E-state index is 13.4. The summed E-state index contributed by atoms with van der Waals surface area (Å²) in [5.41, 5.74) is 8.17. The van der Waals surface area contributed by atoms with E-state index < -0.39 is 23.8 Å². The number of carbonyl (C=O) groups excluding carboxylic acids is 4. The van der Waals surface area contributed by atoms with Gasteiger partial charge in [-0.05, 0) is 115 Å². The molecule has 0 spiro atoms. The molecule has 4 aromatic carbocycles. The van der Waals surface area contributed by atoms with Gasteiger partial charge in [0.15, 0.2) is 0 Å². The van der Waals surface area contributed by atoms with Crippen molar-refractivity contribution >= 4 is 35.0 Å². The van der Waals surface area contributed by atoms with Crippen LogP contribution >= 0.6 is 0 Å². The number of imide groups is 2. The van der Waals surface area contributed by atoms with Crippen LogP contribution in [0, 0.1) is 5.92 Å². The molecule has 0 saturated carbocycles. The number of nitrogens with zero attached hydrogens (tertiary/aromatic N) is 4. The van der Waals surface area contributed by atoms with Crippen molar-refractivity contribution in [1.82, 2.24) is 15.1 Å². The highest BCUT2D eigenvalue weighted by molar-refractivity contribution is 6.23. The molecule has 3 unspecified atom stereocenters. The maximum atomic E-state index is 13.4. The molecule has 2 bridgehead atoms. The van der Waals surface area contributed by atoms with Gasteiger partial charge in [-0.3, -0.25) is 34.3 Å². The minimum absolute atomic E-state index is 0.107. The molecular weight excluding hydrogens is 703 g/mol. The molecule has 1 aliphatic carbocycles. The normalized spacial score (nSPS) is 26.5. The lowest BCUT2D eigenvalue weighted by Crippen LogP contribution is -2.69. The first kappa shape index (κ1) is 35.0. The van der Waals surface area contributed by atoms with Gasteiger partial charge in [-0.2, -0.15) is 0 Å². The number of hydrogen-bond acceptors (Lipinski definition) is 8. The SMILES string of the molecule is O=C1CCC(N2C(=O)c3ccc(N4CC5CC(C4)N5CC4CCN(c5ccc([C@@H]6c7ccc(O)cc7CC[C@@H]6c6ccccc6)cc5)CC4)cc3C2=O)C(=O)N1. The predicted molar refractivity (Wildman–Crippen MR) is 213 cm³/mol. The van der Waals surface area contributed by atoms with Crippen LogP contribution in [0.1, 0.15) is 93.3 Å². The zero-order valence-electron chi connectivity index (χ0n) is 31.5. The monoisotopic (exact) mass is 749 g/mol. The van der Waals surface area contributed by atoms with E-state index in [1.165, 1.54) is 47.2 Å². The van der Waals surface area contributed by atoms with Crippen LogP contribution in [0.15, 0.2) is 91.0 Å². The molecule has 56 heavy (non-hydrogen) atoms. The summed E-state index contributed by atoms with van der Waals surface area (Å²) in [6, 6.07) is 31.6. The minimum atomic E-state index is -0.956. The van der Waals surface area contributed by atoms with E-state index in [0.29, 0.717) is 40.8 Å². The van der Waals surface area contributed by atoms with E-state index in [-0.39, 0.29) is 24.7 Å². The first-order chi connectivity index (χ1) is 27.3. The van der Waals surface area contributed by atoms with Gasteiger partial charge in [0, 0.05) is 68.5 Å². The summed E-state index contributed by atoms with van der Waals surface area (Å²) in [4.78, 5) is 59.4. The zero-order valence-corrected chi connectivity index (χ0v) is 31.5. The Kier molecular flexibility index (Phi) is 8.69. The third kappa shape index (κ3) is 6.05. The van der Waals surface area contributed by atoms with E-state index in [0.717, 1.165) is 56.2 Å². The predicted octanol–water partition coefficient (Wildman–Crippen LogP) is 5.83. The lowest BCUT2D eigenvalue weighted by molar-refractivity contribution is -0.136. The Hall–Kier alpha value is -5.48. The molecule has 286 valence electrons. The quantitative estimate of drug-likeness (QED) is 0.227. The molecule has 4 aromatic rings. The molecule has 6 aliphatic heterocycles. The lowest BCUT2D eigenvalue weighted by atomic mass is 9.69. The first-order valence-electron chi connectivity index (χ1n) is 20.4. The topological polar surface area (TPSA) is 114 Å². The zero-order chi connectivity index (χ0) is 38.1. The summed E-state index contributed by atoms with van der Waals surface area (Å²) in [5.74, 6) is -0.247. The number of phenols is 1. The van der Waals surface area contributed by atoms with E-state index in [2.05, 4.69) is 80.7 Å². The van der Waals surface area contributed by atoms with E-state index >= 15 is 0 Å². The van der Waals surface area contributed by atoms with Crippen molar-refractivity contribution in [2.45, 2.75) is 74.9 Å². The number of nitrogens with one attached hydrogen (secondary N) is 1. The molecule has 4 amide bonds. The molecule has 10 nitrogen and oxygen atoms in total. The second kappa shape index (κ2) is 13.9. The van der Waals surface area contributed by atoms with Crippen molar-refractivity contribution < 1.29 is 24.3 Å². The highest BCUT2D eigenvalue weighted by Crippen LogP contribution is 2.47. The third-order valence-electron chi connectivity index (χ3n) is 13.7. The Morgan fingerprint density at radius 1 is 0.679 bits per heavy atom. The van der Waals surface area contributed by atoms with Gasteiger partial charge in [-0.25, -0.2) is 0 Å². The Morgan fingerprint density at radius 3 is 2.16 bits per heavy atom. The van der Waals surface area contributed by atoms with Crippen LogP contribution in [0.5, 0.6) is 5.75 Å². The Morgan fingerprint density at radius 2 is 1.41 bits per heavy atom. The van der Waals surface area contributed by atoms with Crippen molar-refractivity contribution in [3.05, 3.63) is 124 Å². The average molecular weight is 750 g/mol. The van der Waals surface area contributed by atoms with Crippen LogP contribution in [0.2, 0.25) is 0 Å². The molecule has 7 aliphatic rings. The average Bonchev–Trinajstić information content (AvgIpc) is 3.47. The number of piperidine rings is 3. The van der Waals surface area contributed by atoms with E-state index in [9.17, 15) is 24.3 Å². The number of aromatic hydroxyl groups is 1. The standard InChI is InChI=1S/C46H47N5O5/c52-36-12-15-38-31(22-36)8-13-37(29-4-2-1-3-5-29)43(38)30-6-9-32(10-7-30)48-20-18-28(19-21-48)25-50-34-23-35(50)27-49(26-34)33-11-14-39-40(24-33)46(56)51(45(39)55)41-16-17-42(53)47-44(41)54/h1-7,9-12,14-15,22,24,28,34-35,37,41,43,52H,8,13,16-21,23,25-27H2,(H,47,53,54)/t34?,35?,37-,41?,43+/m1/s1. The number of fused-ring (bicyclic) bond motifs is 4. The number of amides is 4. The lowest BCUT2D eigenvalue weighted by Gasteiger charge is -2.58. The molecule has 11 rings (SSSR count). The van der Waals surface area contributed by atoms with Gasteiger partial charge in [0.25, 0.3) is 11.8 Å². The third-order valence-corrected chi connectivity index (χ3v) is 13.7. The Labute approximate surface area is 327 Å². The van der Waals surface area contributed by atoms with Gasteiger partial charge in [0.05, 0.1) is 11.1 Å². The Balaban J connectivity index is 0.755. The highest BCUT2D eigenvalue weighted by atomic mass is 16.3. The highest BCUT2D eigenvalue weighted by Gasteiger charge is 2.47. The van der Waals surface area contributed by atoms with Crippen LogP contribution in [-0.2, 0) is 16.0 Å². The number of hydrogen-bond donors (Lipinski definition) is 2. The molecule has 0 aromatic heterocycles. The fourth-order valence-corrected chi connectivity index (χ4v) is 10.7. The van der Waals surface area contributed by atoms with Crippen molar-refractivity contribution in [2.24, 2.45) is 5.92 Å². The number of piperazine rings is 1. The van der Waals surface area contributed by atoms with Gasteiger partial charge in [0.1, 0.15) is 11.8 Å². The van der Waals surface area contributed by atoms with Crippen LogP contribution < -0.4 is 15.1 Å². The molecule has 5 saturated heterocycles. The molecule has 2 N–H and O–H groups in total. The van der Waals surface area contributed by atoms with Crippen LogP contribution in [0.3, 0.4) is 0 Å². The second-order valence-electron chi connectivity index (χ2n) is 16.8. The largest absolute Gasteiger partial charge is 0.508 e. The summed E-state index contributed by atoms with van der Waals surface area (Å²) in [6.07, 6.45) is 5.81. The van der Waals surface area contributed by atoms with Crippen molar-refractivity contribution in [3.63, 3.8) is 0 Å². The van der Waals surface area contributed by atoms with Crippen molar-refractivity contribution in [1.29, 1.82) is 0 Å². The van der Waals surface area contributed by atoms with E-state index in [1.54, 1.807) is 6.07 Å². The molecule has 10 heteroatoms. The summed E-state index contributed by atoms with van der Waals surface area (Å²) in [7, 11) is 0. The van der Waals surface area contributed by atoms with Crippen molar-refractivity contribution in [3.8, 4) is 5.75 Å². The molecule has 0 radical (unpaired) electrons. The molecule has 5 atom stereocenters. The van der Waals surface area contributed by atoms with E-state index in [1.807, 2.05) is 24.3 Å². The fraction of sp³-hybridized carbons (Fsp3) is 0.391. The number of phenolic OH excluding ortho intramolecular Hbond substituents is 1. The summed E-state index contributed by atoms with van der Waals surface area (Å²) < 4.78 is 0. The molecular formula is C46H47N5O5. The smallest absolute Gasteiger partial charge is 0.262 e. The first-order valence-corrected chi connectivity index (χ1v) is 20.4. The number of aryl methyl sites for hydroxylation is 1. The van der Waals surface area contributed by atoms with E-state index in [4.69, 9.17) is 0 Å². The fourth-order valence-electron chi connectivity index (χ4n) is 10.7. The van der Waals surface area contributed by atoms with Gasteiger partial charge in [-0.1, -0.05) is 48.5 Å². The number of carbonyl (C=O) groups is 4. The van der Waals surface area contributed by atoms with Crippen LogP contribution in [0.4, 0.5) is 11.4 Å². The van der Waals surface area contributed by atoms with Crippen molar-refractivity contribution in [2.75, 3.05) is 42.5 Å². The van der Waals surface area contributed by atoms with Gasteiger partial charge < -0.3 is 14.9 Å². The molecule has 5 fully saturated rings. The van der Waals surface area contributed by atoms with Gasteiger partial charge in [0.2, 0.25) is 11.8 Å². The van der Waals surface area contributed by atoms with Crippen LogP contribution in [0.25, 0.3) is 0 Å². The number of rotatable bonds is 7. The Bertz CT molecular complexity index is 2200. The maximum Gasteiger partial charge on any atom is 0.262 e. The number of anilines is 2.